The van der Waals surface area contributed by atoms with Gasteiger partial charge in [0.1, 0.15) is 17.1 Å². The molecule has 3 heterocycles. The van der Waals surface area contributed by atoms with Gasteiger partial charge in [-0.3, -0.25) is 0 Å². The van der Waals surface area contributed by atoms with Crippen LogP contribution in [0.3, 0.4) is 0 Å². The molecule has 0 aliphatic carbocycles. The van der Waals surface area contributed by atoms with E-state index in [1.807, 2.05) is 36.4 Å². The van der Waals surface area contributed by atoms with Crippen LogP contribution in [0, 0.1) is 0 Å². The first-order valence-electron chi connectivity index (χ1n) is 12.5. The van der Waals surface area contributed by atoms with Crippen molar-refractivity contribution in [2.45, 2.75) is 42.8 Å². The molecule has 36 heavy (non-hydrogen) atoms. The molecule has 0 spiro atoms. The van der Waals surface area contributed by atoms with Crippen molar-refractivity contribution in [3.05, 3.63) is 18.2 Å². The van der Waals surface area contributed by atoms with E-state index in [1.54, 1.807) is 26.0 Å². The molecule has 0 saturated carbocycles. The number of hydrogen-bond donors (Lipinski definition) is 0. The lowest BCUT2D eigenvalue weighted by Gasteiger charge is -2.31. The molecule has 9 nitrogen and oxygen atoms in total. The first kappa shape index (κ1) is 26.6. The summed E-state index contributed by atoms with van der Waals surface area (Å²) >= 11 is 1.58. The van der Waals surface area contributed by atoms with Crippen molar-refractivity contribution in [2.75, 3.05) is 72.7 Å². The van der Waals surface area contributed by atoms with Gasteiger partial charge in [0.05, 0.1) is 14.2 Å². The van der Waals surface area contributed by atoms with Crippen molar-refractivity contribution < 1.29 is 18.9 Å². The van der Waals surface area contributed by atoms with Gasteiger partial charge in [-0.25, -0.2) is 0 Å². The molecular weight excluding hydrogens is 478 g/mol. The summed E-state index contributed by atoms with van der Waals surface area (Å²) in [5.74, 6) is 3.03. The summed E-state index contributed by atoms with van der Waals surface area (Å²) in [5.41, 5.74) is 0.875. The fraction of sp³-hybridized carbons (Fsp3) is 0.615. The van der Waals surface area contributed by atoms with Crippen molar-refractivity contribution in [1.29, 1.82) is 0 Å². The average Bonchev–Trinajstić information content (AvgIpc) is 2.90. The summed E-state index contributed by atoms with van der Waals surface area (Å²) in [7, 11) is 9.50. The molecule has 2 aromatic rings. The van der Waals surface area contributed by atoms with E-state index in [9.17, 15) is 0 Å². The predicted molar refractivity (Wildman–Crippen MR) is 144 cm³/mol. The molecule has 4 rings (SSSR count). The van der Waals surface area contributed by atoms with Gasteiger partial charge in [-0.2, -0.15) is 9.97 Å². The van der Waals surface area contributed by atoms with E-state index in [4.69, 9.17) is 28.9 Å². The number of benzene rings is 1. The Kier molecular flexibility index (Phi) is 9.03. The van der Waals surface area contributed by atoms with Crippen molar-refractivity contribution in [3.8, 4) is 23.3 Å². The van der Waals surface area contributed by atoms with Gasteiger partial charge in [0.15, 0.2) is 11.5 Å². The van der Waals surface area contributed by atoms with Crippen LogP contribution in [-0.4, -0.2) is 99.8 Å². The van der Waals surface area contributed by atoms with Crippen LogP contribution in [0.4, 0.5) is 11.6 Å². The summed E-state index contributed by atoms with van der Waals surface area (Å²) in [6, 6.07) is 5.76. The molecular formula is C26H39N5O4S. The molecule has 0 atom stereocenters. The SMILES string of the molecule is COc1ccc(N(C)c2nc(OC3CCN(C)CC3)c(SC)c(OC3CCN(C)CC3)n2)cc1OC. The molecule has 2 fully saturated rings. The molecule has 2 aliphatic heterocycles. The molecule has 198 valence electrons. The Morgan fingerprint density at radius 1 is 0.833 bits per heavy atom. The number of thioether (sulfide) groups is 1. The maximum Gasteiger partial charge on any atom is 0.236 e. The van der Waals surface area contributed by atoms with Gasteiger partial charge in [0.2, 0.25) is 17.7 Å². The predicted octanol–water partition coefficient (Wildman–Crippen LogP) is 3.93. The first-order chi connectivity index (χ1) is 17.4. The number of aromatic nitrogens is 2. The number of ether oxygens (including phenoxy) is 4. The number of hydrogen-bond acceptors (Lipinski definition) is 10. The lowest BCUT2D eigenvalue weighted by atomic mass is 10.1. The van der Waals surface area contributed by atoms with Crippen molar-refractivity contribution in [2.24, 2.45) is 0 Å². The second kappa shape index (κ2) is 12.2. The summed E-state index contributed by atoms with van der Waals surface area (Å²) in [4.78, 5) is 17.2. The van der Waals surface area contributed by atoms with Gasteiger partial charge in [-0.15, -0.1) is 11.8 Å². The first-order valence-corrected chi connectivity index (χ1v) is 13.8. The molecule has 0 unspecified atom stereocenters. The van der Waals surface area contributed by atoms with E-state index in [2.05, 4.69) is 23.9 Å². The minimum absolute atomic E-state index is 0.123. The minimum atomic E-state index is 0.123. The van der Waals surface area contributed by atoms with Crippen LogP contribution >= 0.6 is 11.8 Å². The maximum atomic E-state index is 6.52. The quantitative estimate of drug-likeness (QED) is 0.457. The van der Waals surface area contributed by atoms with Crippen LogP contribution in [0.5, 0.6) is 23.3 Å². The zero-order valence-electron chi connectivity index (χ0n) is 22.3. The second-order valence-electron chi connectivity index (χ2n) is 9.51. The largest absolute Gasteiger partial charge is 0.493 e. The Morgan fingerprint density at radius 2 is 1.33 bits per heavy atom. The molecule has 10 heteroatoms. The Hall–Kier alpha value is -2.43. The van der Waals surface area contributed by atoms with Crippen LogP contribution in [0.25, 0.3) is 0 Å². The zero-order chi connectivity index (χ0) is 25.7. The molecule has 1 aromatic heterocycles. The molecule has 0 amide bonds. The lowest BCUT2D eigenvalue weighted by molar-refractivity contribution is 0.0962. The third kappa shape index (κ3) is 6.27. The van der Waals surface area contributed by atoms with Crippen LogP contribution in [0.1, 0.15) is 25.7 Å². The molecule has 2 saturated heterocycles. The van der Waals surface area contributed by atoms with Gasteiger partial charge in [-0.1, -0.05) is 0 Å². The number of methoxy groups -OCH3 is 2. The highest BCUT2D eigenvalue weighted by Crippen LogP contribution is 2.40. The van der Waals surface area contributed by atoms with E-state index in [1.165, 1.54) is 0 Å². The number of anilines is 2. The highest BCUT2D eigenvalue weighted by atomic mass is 32.2. The number of piperidine rings is 2. The van der Waals surface area contributed by atoms with Gasteiger partial charge in [0.25, 0.3) is 0 Å². The van der Waals surface area contributed by atoms with Crippen molar-refractivity contribution in [1.82, 2.24) is 19.8 Å². The molecule has 2 aliphatic rings. The van der Waals surface area contributed by atoms with Gasteiger partial charge in [0, 0.05) is 45.0 Å². The number of likely N-dealkylation sites (tertiary alicyclic amines) is 2. The highest BCUT2D eigenvalue weighted by Gasteiger charge is 2.27. The normalized spacial score (nSPS) is 18.2. The van der Waals surface area contributed by atoms with Gasteiger partial charge >= 0.3 is 0 Å². The Balaban J connectivity index is 1.68. The monoisotopic (exact) mass is 517 g/mol. The summed E-state index contributed by atoms with van der Waals surface area (Å²) < 4.78 is 24.0. The molecule has 0 bridgehead atoms. The lowest BCUT2D eigenvalue weighted by Crippen LogP contribution is -2.36. The van der Waals surface area contributed by atoms with Crippen LogP contribution in [0.2, 0.25) is 0 Å². The van der Waals surface area contributed by atoms with E-state index >= 15 is 0 Å². The summed E-state index contributed by atoms with van der Waals surface area (Å²) in [6.07, 6.45) is 6.16. The van der Waals surface area contributed by atoms with Crippen molar-refractivity contribution in [3.63, 3.8) is 0 Å². The van der Waals surface area contributed by atoms with Crippen molar-refractivity contribution >= 4 is 23.4 Å². The number of nitrogens with zero attached hydrogens (tertiary/aromatic N) is 5. The number of rotatable bonds is 9. The summed E-state index contributed by atoms with van der Waals surface area (Å²) in [6.45, 7) is 4.06. The van der Waals surface area contributed by atoms with Gasteiger partial charge in [-0.05, 0) is 58.2 Å². The fourth-order valence-corrected chi connectivity index (χ4v) is 5.09. The topological polar surface area (TPSA) is 72.4 Å². The molecule has 0 N–H and O–H groups in total. The Bertz CT molecular complexity index is 965. The van der Waals surface area contributed by atoms with Crippen LogP contribution in [-0.2, 0) is 0 Å². The summed E-state index contributed by atoms with van der Waals surface area (Å²) in [5, 5.41) is 0. The third-order valence-electron chi connectivity index (χ3n) is 6.94. The van der Waals surface area contributed by atoms with Crippen LogP contribution < -0.4 is 23.8 Å². The molecule has 1 aromatic carbocycles. The minimum Gasteiger partial charge on any atom is -0.493 e. The van der Waals surface area contributed by atoms with E-state index in [0.29, 0.717) is 29.2 Å². The zero-order valence-corrected chi connectivity index (χ0v) is 23.1. The van der Waals surface area contributed by atoms with Gasteiger partial charge < -0.3 is 33.6 Å². The highest BCUT2D eigenvalue weighted by molar-refractivity contribution is 7.98. The Morgan fingerprint density at radius 3 is 1.78 bits per heavy atom. The third-order valence-corrected chi connectivity index (χ3v) is 7.70. The maximum absolute atomic E-state index is 6.52. The van der Waals surface area contributed by atoms with E-state index in [-0.39, 0.29) is 12.2 Å². The molecule has 0 radical (unpaired) electrons. The van der Waals surface area contributed by atoms with E-state index < -0.39 is 0 Å². The second-order valence-corrected chi connectivity index (χ2v) is 10.3. The average molecular weight is 518 g/mol. The Labute approximate surface area is 219 Å². The smallest absolute Gasteiger partial charge is 0.236 e. The van der Waals surface area contributed by atoms with E-state index in [0.717, 1.165) is 62.4 Å². The standard InChI is InChI=1S/C26H39N5O4S/c1-29-13-9-19(10-14-29)34-24-23(36-6)25(35-20-11-15-30(2)16-12-20)28-26(27-24)31(3)18-7-8-21(32-4)22(17-18)33-5/h7-8,17,19-20H,9-16H2,1-6H3. The fourth-order valence-electron chi connectivity index (χ4n) is 4.55. The van der Waals surface area contributed by atoms with Crippen LogP contribution in [0.15, 0.2) is 23.1 Å².